The van der Waals surface area contributed by atoms with Crippen LogP contribution >= 0.6 is 0 Å². The van der Waals surface area contributed by atoms with E-state index < -0.39 is 0 Å². The van der Waals surface area contributed by atoms with Crippen LogP contribution < -0.4 is 5.32 Å². The summed E-state index contributed by atoms with van der Waals surface area (Å²) in [5.74, 6) is 0.789. The fourth-order valence-electron chi connectivity index (χ4n) is 2.62. The minimum absolute atomic E-state index is 0.789. The quantitative estimate of drug-likeness (QED) is 0.554. The van der Waals surface area contributed by atoms with Crippen LogP contribution in [0.5, 0.6) is 0 Å². The molecule has 1 N–H and O–H groups in total. The molecular formula is C19H15N3. The fraction of sp³-hybridized carbons (Fsp3) is 0.0526. The summed E-state index contributed by atoms with van der Waals surface area (Å²) in [6, 6.07) is 20.6. The Kier molecular flexibility index (Phi) is 2.97. The molecule has 3 aromatic rings. The molecule has 3 nitrogen and oxygen atoms in total. The van der Waals surface area contributed by atoms with Crippen molar-refractivity contribution in [2.45, 2.75) is 6.92 Å². The van der Waals surface area contributed by atoms with Gasteiger partial charge in [-0.2, -0.15) is 0 Å². The Labute approximate surface area is 129 Å². The second-order valence-electron chi connectivity index (χ2n) is 5.37. The lowest BCUT2D eigenvalue weighted by Gasteiger charge is -2.10. The number of hydrogen-bond acceptors (Lipinski definition) is 3. The van der Waals surface area contributed by atoms with Crippen LogP contribution in [0.3, 0.4) is 0 Å². The SMILES string of the molecule is Cc1ccc(C2=Nc3cccnc3Nc3ccccc32)cc1. The Morgan fingerprint density at radius 3 is 2.55 bits per heavy atom. The Morgan fingerprint density at radius 1 is 0.864 bits per heavy atom. The van der Waals surface area contributed by atoms with Crippen molar-refractivity contribution in [2.75, 3.05) is 5.32 Å². The lowest BCUT2D eigenvalue weighted by Crippen LogP contribution is -2.04. The van der Waals surface area contributed by atoms with E-state index in [1.165, 1.54) is 5.56 Å². The van der Waals surface area contributed by atoms with Gasteiger partial charge in [-0.15, -0.1) is 0 Å². The Hall–Kier alpha value is -2.94. The molecule has 22 heavy (non-hydrogen) atoms. The predicted octanol–water partition coefficient (Wildman–Crippen LogP) is 4.62. The lowest BCUT2D eigenvalue weighted by molar-refractivity contribution is 1.30. The summed E-state index contributed by atoms with van der Waals surface area (Å²) in [5, 5.41) is 3.39. The minimum Gasteiger partial charge on any atom is -0.338 e. The van der Waals surface area contributed by atoms with Gasteiger partial charge in [0.15, 0.2) is 5.82 Å². The number of aromatic nitrogens is 1. The maximum Gasteiger partial charge on any atom is 0.156 e. The molecule has 0 spiro atoms. The zero-order valence-corrected chi connectivity index (χ0v) is 12.2. The fourth-order valence-corrected chi connectivity index (χ4v) is 2.62. The van der Waals surface area contributed by atoms with Crippen molar-refractivity contribution < 1.29 is 0 Å². The number of benzene rings is 2. The van der Waals surface area contributed by atoms with E-state index in [4.69, 9.17) is 4.99 Å². The standard InChI is InChI=1S/C19H15N3/c1-13-8-10-14(11-9-13)18-15-5-2-3-6-16(15)22-19-17(21-18)7-4-12-20-19/h2-12H,1H3,(H,20,22). The van der Waals surface area contributed by atoms with Crippen molar-refractivity contribution in [1.29, 1.82) is 0 Å². The van der Waals surface area contributed by atoms with Crippen molar-refractivity contribution in [2.24, 2.45) is 4.99 Å². The van der Waals surface area contributed by atoms with E-state index >= 15 is 0 Å². The first-order valence-corrected chi connectivity index (χ1v) is 7.28. The Balaban J connectivity index is 1.98. The van der Waals surface area contributed by atoms with Crippen LogP contribution in [-0.2, 0) is 0 Å². The molecule has 1 aliphatic heterocycles. The molecule has 0 bridgehead atoms. The number of pyridine rings is 1. The number of aliphatic imine (C=N–C) groups is 1. The third-order valence-corrected chi connectivity index (χ3v) is 3.78. The second-order valence-corrected chi connectivity index (χ2v) is 5.37. The summed E-state index contributed by atoms with van der Waals surface area (Å²) in [5.41, 5.74) is 6.29. The van der Waals surface area contributed by atoms with Crippen LogP contribution in [0.2, 0.25) is 0 Å². The molecular weight excluding hydrogens is 270 g/mol. The smallest absolute Gasteiger partial charge is 0.156 e. The minimum atomic E-state index is 0.789. The normalized spacial score (nSPS) is 12.5. The van der Waals surface area contributed by atoms with E-state index in [-0.39, 0.29) is 0 Å². The Morgan fingerprint density at radius 2 is 1.68 bits per heavy atom. The van der Waals surface area contributed by atoms with E-state index in [9.17, 15) is 0 Å². The number of nitrogens with zero attached hydrogens (tertiary/aromatic N) is 2. The van der Waals surface area contributed by atoms with Gasteiger partial charge in [0.25, 0.3) is 0 Å². The van der Waals surface area contributed by atoms with Crippen molar-refractivity contribution in [3.05, 3.63) is 83.6 Å². The highest BCUT2D eigenvalue weighted by Crippen LogP contribution is 2.33. The van der Waals surface area contributed by atoms with Crippen molar-refractivity contribution in [3.63, 3.8) is 0 Å². The molecule has 0 saturated heterocycles. The summed E-state index contributed by atoms with van der Waals surface area (Å²) in [4.78, 5) is 9.27. The number of rotatable bonds is 1. The highest BCUT2D eigenvalue weighted by Gasteiger charge is 2.17. The average Bonchev–Trinajstić information content (AvgIpc) is 2.72. The summed E-state index contributed by atoms with van der Waals surface area (Å²) in [6.45, 7) is 2.09. The monoisotopic (exact) mass is 285 g/mol. The molecule has 0 radical (unpaired) electrons. The first kappa shape index (κ1) is 12.8. The van der Waals surface area contributed by atoms with Crippen LogP contribution in [-0.4, -0.2) is 10.7 Å². The molecule has 3 heteroatoms. The van der Waals surface area contributed by atoms with Crippen LogP contribution in [0.25, 0.3) is 0 Å². The van der Waals surface area contributed by atoms with E-state index in [0.29, 0.717) is 0 Å². The van der Waals surface area contributed by atoms with Gasteiger partial charge in [-0.1, -0.05) is 48.0 Å². The maximum absolute atomic E-state index is 4.87. The van der Waals surface area contributed by atoms with Gasteiger partial charge in [0.05, 0.1) is 5.71 Å². The number of anilines is 2. The third-order valence-electron chi connectivity index (χ3n) is 3.78. The van der Waals surface area contributed by atoms with Gasteiger partial charge >= 0.3 is 0 Å². The molecule has 106 valence electrons. The van der Waals surface area contributed by atoms with E-state index in [1.54, 1.807) is 6.20 Å². The molecule has 0 saturated carbocycles. The summed E-state index contributed by atoms with van der Waals surface area (Å²) in [6.07, 6.45) is 1.78. The number of nitrogens with one attached hydrogen (secondary N) is 1. The van der Waals surface area contributed by atoms with Crippen molar-refractivity contribution in [1.82, 2.24) is 4.98 Å². The van der Waals surface area contributed by atoms with Gasteiger partial charge < -0.3 is 5.32 Å². The summed E-state index contributed by atoms with van der Waals surface area (Å²) >= 11 is 0. The third kappa shape index (κ3) is 2.17. The molecule has 2 heterocycles. The van der Waals surface area contributed by atoms with Gasteiger partial charge in [-0.05, 0) is 25.1 Å². The molecule has 0 atom stereocenters. The lowest BCUT2D eigenvalue weighted by atomic mass is 10.00. The number of para-hydroxylation sites is 1. The highest BCUT2D eigenvalue weighted by atomic mass is 15.0. The molecule has 4 rings (SSSR count). The van der Waals surface area contributed by atoms with Crippen molar-refractivity contribution >= 4 is 22.9 Å². The predicted molar refractivity (Wildman–Crippen MR) is 90.4 cm³/mol. The van der Waals surface area contributed by atoms with Gasteiger partial charge in [0.2, 0.25) is 0 Å². The highest BCUT2D eigenvalue weighted by molar-refractivity contribution is 6.18. The van der Waals surface area contributed by atoms with Crippen molar-refractivity contribution in [3.8, 4) is 0 Å². The van der Waals surface area contributed by atoms with Gasteiger partial charge in [-0.25, -0.2) is 9.98 Å². The molecule has 0 aliphatic carbocycles. The average molecular weight is 285 g/mol. The number of aryl methyl sites for hydroxylation is 1. The Bertz CT molecular complexity index is 864. The zero-order valence-electron chi connectivity index (χ0n) is 12.2. The first-order chi connectivity index (χ1) is 10.8. The summed E-state index contributed by atoms with van der Waals surface area (Å²) < 4.78 is 0. The van der Waals surface area contributed by atoms with Crippen LogP contribution in [0, 0.1) is 6.92 Å². The van der Waals surface area contributed by atoms with Crippen LogP contribution in [0.1, 0.15) is 16.7 Å². The zero-order chi connectivity index (χ0) is 14.9. The molecule has 2 aromatic carbocycles. The van der Waals surface area contributed by atoms with E-state index in [1.807, 2.05) is 24.3 Å². The maximum atomic E-state index is 4.87. The molecule has 0 unspecified atom stereocenters. The number of fused-ring (bicyclic) bond motifs is 2. The van der Waals surface area contributed by atoms with Crippen LogP contribution in [0.15, 0.2) is 71.9 Å². The largest absolute Gasteiger partial charge is 0.338 e. The molecule has 1 aromatic heterocycles. The van der Waals surface area contributed by atoms with Gasteiger partial charge in [0, 0.05) is 23.0 Å². The first-order valence-electron chi connectivity index (χ1n) is 7.28. The van der Waals surface area contributed by atoms with E-state index in [2.05, 4.69) is 53.6 Å². The summed E-state index contributed by atoms with van der Waals surface area (Å²) in [7, 11) is 0. The van der Waals surface area contributed by atoms with Gasteiger partial charge in [0.1, 0.15) is 5.69 Å². The topological polar surface area (TPSA) is 37.3 Å². The van der Waals surface area contributed by atoms with Gasteiger partial charge in [-0.3, -0.25) is 0 Å². The van der Waals surface area contributed by atoms with E-state index in [0.717, 1.165) is 34.0 Å². The second kappa shape index (κ2) is 5.11. The number of hydrogen-bond donors (Lipinski definition) is 1. The molecule has 0 fully saturated rings. The molecule has 0 amide bonds. The molecule has 1 aliphatic rings. The van der Waals surface area contributed by atoms with Crippen LogP contribution in [0.4, 0.5) is 17.2 Å².